The molecule has 0 aromatic heterocycles. The summed E-state index contributed by atoms with van der Waals surface area (Å²) in [5, 5.41) is 0.857. The fraction of sp³-hybridized carbons (Fsp3) is 0.455. The molecule has 0 saturated carbocycles. The SMILES string of the molecule is CC(C)CSCc1ccc(Br)cc1Cl. The maximum Gasteiger partial charge on any atom is 0.0457 e. The minimum Gasteiger partial charge on any atom is -0.157 e. The fourth-order valence-corrected chi connectivity index (χ4v) is 2.92. The van der Waals surface area contributed by atoms with Gasteiger partial charge in [-0.2, -0.15) is 11.8 Å². The Morgan fingerprint density at radius 2 is 2.14 bits per heavy atom. The minimum atomic E-state index is 0.745. The van der Waals surface area contributed by atoms with E-state index in [1.165, 1.54) is 11.3 Å². The van der Waals surface area contributed by atoms with Crippen molar-refractivity contribution in [2.75, 3.05) is 5.75 Å². The molecule has 0 aliphatic carbocycles. The van der Waals surface area contributed by atoms with Gasteiger partial charge in [0.05, 0.1) is 0 Å². The number of halogens is 2. The quantitative estimate of drug-likeness (QED) is 0.753. The monoisotopic (exact) mass is 292 g/mol. The second-order valence-corrected chi connectivity index (χ2v) is 6.00. The Balaban J connectivity index is 2.51. The zero-order valence-corrected chi connectivity index (χ0v) is 11.5. The predicted molar refractivity (Wildman–Crippen MR) is 70.2 cm³/mol. The minimum absolute atomic E-state index is 0.745. The third-order valence-corrected chi connectivity index (χ3v) is 3.99. The molecule has 3 heteroatoms. The van der Waals surface area contributed by atoms with Gasteiger partial charge in [-0.15, -0.1) is 0 Å². The summed E-state index contributed by atoms with van der Waals surface area (Å²) < 4.78 is 1.04. The van der Waals surface area contributed by atoms with E-state index in [2.05, 4.69) is 35.8 Å². The first-order valence-electron chi connectivity index (χ1n) is 4.61. The molecule has 0 fully saturated rings. The van der Waals surface area contributed by atoms with Gasteiger partial charge in [0.25, 0.3) is 0 Å². The smallest absolute Gasteiger partial charge is 0.0457 e. The van der Waals surface area contributed by atoms with Crippen LogP contribution in [0.15, 0.2) is 22.7 Å². The van der Waals surface area contributed by atoms with Crippen LogP contribution in [0, 0.1) is 5.92 Å². The average molecular weight is 294 g/mol. The van der Waals surface area contributed by atoms with Crippen molar-refractivity contribution in [1.82, 2.24) is 0 Å². The van der Waals surface area contributed by atoms with Crippen LogP contribution in [0.4, 0.5) is 0 Å². The van der Waals surface area contributed by atoms with Gasteiger partial charge >= 0.3 is 0 Å². The van der Waals surface area contributed by atoms with Crippen molar-refractivity contribution in [1.29, 1.82) is 0 Å². The van der Waals surface area contributed by atoms with Gasteiger partial charge in [-0.25, -0.2) is 0 Å². The summed E-state index contributed by atoms with van der Waals surface area (Å²) in [4.78, 5) is 0. The zero-order chi connectivity index (χ0) is 10.6. The van der Waals surface area contributed by atoms with Gasteiger partial charge in [0.15, 0.2) is 0 Å². The molecule has 0 bridgehead atoms. The number of hydrogen-bond acceptors (Lipinski definition) is 1. The second-order valence-electron chi connectivity index (χ2n) is 3.64. The molecule has 1 aromatic carbocycles. The lowest BCUT2D eigenvalue weighted by molar-refractivity contribution is 0.750. The summed E-state index contributed by atoms with van der Waals surface area (Å²) in [5.41, 5.74) is 1.22. The number of rotatable bonds is 4. The van der Waals surface area contributed by atoms with Gasteiger partial charge in [-0.05, 0) is 29.4 Å². The maximum absolute atomic E-state index is 6.10. The van der Waals surface area contributed by atoms with Crippen LogP contribution in [0.2, 0.25) is 5.02 Å². The molecule has 1 aromatic rings. The maximum atomic E-state index is 6.10. The second kappa shape index (κ2) is 6.04. The van der Waals surface area contributed by atoms with Gasteiger partial charge in [-0.3, -0.25) is 0 Å². The number of hydrogen-bond donors (Lipinski definition) is 0. The van der Waals surface area contributed by atoms with E-state index in [1.54, 1.807) is 0 Å². The van der Waals surface area contributed by atoms with Gasteiger partial charge in [0, 0.05) is 15.2 Å². The van der Waals surface area contributed by atoms with Crippen molar-refractivity contribution in [2.45, 2.75) is 19.6 Å². The molecule has 0 unspecified atom stereocenters. The Hall–Kier alpha value is 0.340. The van der Waals surface area contributed by atoms with Crippen LogP contribution in [-0.4, -0.2) is 5.75 Å². The van der Waals surface area contributed by atoms with Gasteiger partial charge < -0.3 is 0 Å². The topological polar surface area (TPSA) is 0 Å². The van der Waals surface area contributed by atoms with E-state index >= 15 is 0 Å². The van der Waals surface area contributed by atoms with Crippen molar-refractivity contribution in [3.8, 4) is 0 Å². The fourth-order valence-electron chi connectivity index (χ4n) is 1.04. The molecular weight excluding hydrogens is 280 g/mol. The molecule has 14 heavy (non-hydrogen) atoms. The molecule has 1 rings (SSSR count). The van der Waals surface area contributed by atoms with E-state index in [4.69, 9.17) is 11.6 Å². The highest BCUT2D eigenvalue weighted by Gasteiger charge is 2.01. The highest BCUT2D eigenvalue weighted by Crippen LogP contribution is 2.25. The Morgan fingerprint density at radius 3 is 2.71 bits per heavy atom. The molecule has 0 nitrogen and oxygen atoms in total. The summed E-state index contributed by atoms with van der Waals surface area (Å²) in [6.07, 6.45) is 0. The highest BCUT2D eigenvalue weighted by molar-refractivity contribution is 9.10. The highest BCUT2D eigenvalue weighted by atomic mass is 79.9. The molecule has 0 amide bonds. The lowest BCUT2D eigenvalue weighted by Gasteiger charge is -2.06. The van der Waals surface area contributed by atoms with Crippen molar-refractivity contribution in [2.24, 2.45) is 5.92 Å². The summed E-state index contributed by atoms with van der Waals surface area (Å²) in [5.74, 6) is 2.94. The number of benzene rings is 1. The van der Waals surface area contributed by atoms with E-state index in [1.807, 2.05) is 23.9 Å². The first-order chi connectivity index (χ1) is 6.59. The molecule has 0 aliphatic heterocycles. The Labute approximate surface area is 104 Å². The summed E-state index contributed by atoms with van der Waals surface area (Å²) >= 11 is 11.4. The molecule has 0 atom stereocenters. The van der Waals surface area contributed by atoms with Crippen LogP contribution in [0.1, 0.15) is 19.4 Å². The summed E-state index contributed by atoms with van der Waals surface area (Å²) in [6, 6.07) is 6.07. The molecule has 0 aliphatic rings. The van der Waals surface area contributed by atoms with Crippen molar-refractivity contribution in [3.05, 3.63) is 33.3 Å². The van der Waals surface area contributed by atoms with E-state index in [0.29, 0.717) is 0 Å². The average Bonchev–Trinajstić information content (AvgIpc) is 2.08. The first-order valence-corrected chi connectivity index (χ1v) is 6.94. The lowest BCUT2D eigenvalue weighted by atomic mass is 10.2. The molecular formula is C11H14BrClS. The number of thioether (sulfide) groups is 1. The Morgan fingerprint density at radius 1 is 1.43 bits per heavy atom. The molecule has 0 heterocycles. The Bertz CT molecular complexity index is 299. The van der Waals surface area contributed by atoms with Crippen molar-refractivity contribution < 1.29 is 0 Å². The van der Waals surface area contributed by atoms with Crippen molar-refractivity contribution >= 4 is 39.3 Å². The molecule has 0 saturated heterocycles. The van der Waals surface area contributed by atoms with Gasteiger partial charge in [0.1, 0.15) is 0 Å². The summed E-state index contributed by atoms with van der Waals surface area (Å²) in [7, 11) is 0. The lowest BCUT2D eigenvalue weighted by Crippen LogP contribution is -1.92. The summed E-state index contributed by atoms with van der Waals surface area (Å²) in [6.45, 7) is 4.46. The third kappa shape index (κ3) is 4.24. The largest absolute Gasteiger partial charge is 0.157 e. The van der Waals surface area contributed by atoms with Crippen LogP contribution in [0.5, 0.6) is 0 Å². The molecule has 0 N–H and O–H groups in total. The Kier molecular flexibility index (Phi) is 5.35. The van der Waals surface area contributed by atoms with Crippen LogP contribution < -0.4 is 0 Å². The van der Waals surface area contributed by atoms with Gasteiger partial charge in [0.2, 0.25) is 0 Å². The molecule has 0 radical (unpaired) electrons. The predicted octanol–water partition coefficient (Wildman–Crippen LogP) is 4.99. The van der Waals surface area contributed by atoms with E-state index in [9.17, 15) is 0 Å². The van der Waals surface area contributed by atoms with E-state index in [-0.39, 0.29) is 0 Å². The zero-order valence-electron chi connectivity index (χ0n) is 8.39. The molecule has 0 spiro atoms. The molecule has 78 valence electrons. The van der Waals surface area contributed by atoms with E-state index in [0.717, 1.165) is 21.2 Å². The first kappa shape index (κ1) is 12.4. The normalized spacial score (nSPS) is 10.9. The van der Waals surface area contributed by atoms with Crippen LogP contribution in [0.3, 0.4) is 0 Å². The standard InChI is InChI=1S/C11H14BrClS/c1-8(2)6-14-7-9-3-4-10(12)5-11(9)13/h3-5,8H,6-7H2,1-2H3. The van der Waals surface area contributed by atoms with Crippen molar-refractivity contribution in [3.63, 3.8) is 0 Å². The van der Waals surface area contributed by atoms with Gasteiger partial charge in [-0.1, -0.05) is 47.4 Å². The van der Waals surface area contributed by atoms with E-state index < -0.39 is 0 Å². The van der Waals surface area contributed by atoms with Crippen LogP contribution in [0.25, 0.3) is 0 Å². The third-order valence-electron chi connectivity index (χ3n) is 1.72. The van der Waals surface area contributed by atoms with Crippen LogP contribution in [-0.2, 0) is 5.75 Å². The van der Waals surface area contributed by atoms with Crippen LogP contribution >= 0.6 is 39.3 Å².